The largest absolute Gasteiger partial charge is 0.384 e. The first-order chi connectivity index (χ1) is 13.7. The summed E-state index contributed by atoms with van der Waals surface area (Å²) < 4.78 is 12.9. The number of β-amino-alcohol motifs (C(OH)–C–C–N with tert-alkyl or cyclic N) is 1. The average molecular weight is 388 g/mol. The summed E-state index contributed by atoms with van der Waals surface area (Å²) >= 11 is 0. The van der Waals surface area contributed by atoms with E-state index >= 15 is 0 Å². The minimum absolute atomic E-state index is 0.335. The molecule has 0 aliphatic carbocycles. The first-order valence-corrected chi connectivity index (χ1v) is 10.3. The zero-order chi connectivity index (χ0) is 19.0. The van der Waals surface area contributed by atoms with Crippen LogP contribution in [0.5, 0.6) is 0 Å². The highest BCUT2D eigenvalue weighted by molar-refractivity contribution is 5.47. The van der Waals surface area contributed by atoms with Crippen molar-refractivity contribution in [1.29, 1.82) is 0 Å². The van der Waals surface area contributed by atoms with Gasteiger partial charge in [0.1, 0.15) is 11.4 Å². The van der Waals surface area contributed by atoms with Crippen molar-refractivity contribution >= 4 is 11.5 Å². The highest BCUT2D eigenvalue weighted by atomic mass is 16.6. The molecule has 0 atom stereocenters. The number of hydrogen-bond donors (Lipinski definition) is 1. The van der Waals surface area contributed by atoms with Gasteiger partial charge < -0.3 is 24.4 Å². The Kier molecular flexibility index (Phi) is 4.92. The molecule has 0 bridgehead atoms. The molecule has 0 saturated carbocycles. The first-order valence-electron chi connectivity index (χ1n) is 10.3. The maximum absolute atomic E-state index is 10.8. The van der Waals surface area contributed by atoms with Crippen LogP contribution in [0.4, 0.5) is 5.82 Å². The first kappa shape index (κ1) is 18.2. The summed E-state index contributed by atoms with van der Waals surface area (Å²) in [6.07, 6.45) is 3.19. The number of anilines is 1. The van der Waals surface area contributed by atoms with Crippen molar-refractivity contribution in [3.8, 4) is 0 Å². The molecule has 3 fully saturated rings. The van der Waals surface area contributed by atoms with Crippen LogP contribution in [0.3, 0.4) is 0 Å². The summed E-state index contributed by atoms with van der Waals surface area (Å²) in [5.74, 6) is 2.30. The van der Waals surface area contributed by atoms with Crippen LogP contribution >= 0.6 is 0 Å². The molecule has 2 aromatic heterocycles. The fraction of sp³-hybridized carbons (Fsp3) is 0.737. The second kappa shape index (κ2) is 7.55. The van der Waals surface area contributed by atoms with Gasteiger partial charge in [0.2, 0.25) is 0 Å². The van der Waals surface area contributed by atoms with Crippen molar-refractivity contribution in [1.82, 2.24) is 24.7 Å². The van der Waals surface area contributed by atoms with Gasteiger partial charge in [-0.25, -0.2) is 0 Å². The maximum atomic E-state index is 10.8. The van der Waals surface area contributed by atoms with Gasteiger partial charge >= 0.3 is 0 Å². The van der Waals surface area contributed by atoms with Crippen molar-refractivity contribution in [3.63, 3.8) is 0 Å². The molecule has 0 amide bonds. The van der Waals surface area contributed by atoms with Gasteiger partial charge in [0.15, 0.2) is 11.5 Å². The summed E-state index contributed by atoms with van der Waals surface area (Å²) in [4.78, 5) is 4.58. The van der Waals surface area contributed by atoms with Crippen molar-refractivity contribution in [3.05, 3.63) is 18.0 Å². The van der Waals surface area contributed by atoms with Gasteiger partial charge in [0, 0.05) is 25.6 Å². The Balaban J connectivity index is 1.25. The Hall–Kier alpha value is -1.81. The second-order valence-electron chi connectivity index (χ2n) is 8.24. The average Bonchev–Trinajstić information content (AvgIpc) is 2.95. The Labute approximate surface area is 164 Å². The van der Waals surface area contributed by atoms with E-state index in [1.165, 1.54) is 6.42 Å². The van der Waals surface area contributed by atoms with Crippen LogP contribution in [-0.2, 0) is 9.47 Å². The number of likely N-dealkylation sites (tertiary alicyclic amines) is 1. The Morgan fingerprint density at radius 1 is 1.04 bits per heavy atom. The number of piperidine rings is 1. The van der Waals surface area contributed by atoms with E-state index in [1.54, 1.807) is 0 Å². The summed E-state index contributed by atoms with van der Waals surface area (Å²) in [5.41, 5.74) is -0.109. The molecule has 1 N–H and O–H groups in total. The van der Waals surface area contributed by atoms with Gasteiger partial charge in [0.25, 0.3) is 0 Å². The van der Waals surface area contributed by atoms with Gasteiger partial charge in [-0.15, -0.1) is 15.3 Å². The van der Waals surface area contributed by atoms with E-state index < -0.39 is 5.60 Å². The normalized spacial score (nSPS) is 24.2. The fourth-order valence-corrected chi connectivity index (χ4v) is 4.30. The number of hydrogen-bond acceptors (Lipinski definition) is 8. The molecule has 28 heavy (non-hydrogen) atoms. The van der Waals surface area contributed by atoms with Crippen LogP contribution in [-0.4, -0.2) is 94.6 Å². The number of ether oxygens (including phenoxy) is 2. The molecule has 0 radical (unpaired) electrons. The molecule has 0 aromatic carbocycles. The predicted molar refractivity (Wildman–Crippen MR) is 103 cm³/mol. The van der Waals surface area contributed by atoms with Crippen LogP contribution < -0.4 is 4.90 Å². The number of fused-ring (bicyclic) bond motifs is 1. The molecule has 152 valence electrons. The van der Waals surface area contributed by atoms with Gasteiger partial charge in [-0.3, -0.25) is 0 Å². The number of aromatic nitrogens is 4. The van der Waals surface area contributed by atoms with Gasteiger partial charge in [-0.05, 0) is 44.5 Å². The van der Waals surface area contributed by atoms with E-state index in [-0.39, 0.29) is 0 Å². The third-order valence-corrected chi connectivity index (χ3v) is 6.04. The molecular formula is C19H28N6O3. The Morgan fingerprint density at radius 3 is 2.46 bits per heavy atom. The smallest absolute Gasteiger partial charge is 0.178 e. The lowest BCUT2D eigenvalue weighted by molar-refractivity contribution is -0.0768. The highest BCUT2D eigenvalue weighted by Gasteiger charge is 2.34. The lowest BCUT2D eigenvalue weighted by atomic mass is 9.94. The number of rotatable bonds is 4. The molecular weight excluding hydrogens is 360 g/mol. The summed E-state index contributed by atoms with van der Waals surface area (Å²) in [5, 5.41) is 24.3. The van der Waals surface area contributed by atoms with Crippen molar-refractivity contribution in [2.45, 2.75) is 30.8 Å². The SMILES string of the molecule is OC1(CN2CCC(c3nnc4ccc(N5CCC5)nn34)CC2)COCCOC1. The fourth-order valence-electron chi connectivity index (χ4n) is 4.30. The summed E-state index contributed by atoms with van der Waals surface area (Å²) in [6, 6.07) is 4.04. The van der Waals surface area contributed by atoms with E-state index in [4.69, 9.17) is 14.6 Å². The van der Waals surface area contributed by atoms with Crippen LogP contribution in [0.2, 0.25) is 0 Å². The van der Waals surface area contributed by atoms with Crippen LogP contribution in [0.25, 0.3) is 5.65 Å². The second-order valence-corrected chi connectivity index (χ2v) is 8.24. The van der Waals surface area contributed by atoms with Crippen molar-refractivity contribution in [2.75, 3.05) is 64.1 Å². The van der Waals surface area contributed by atoms with Crippen LogP contribution in [0.1, 0.15) is 31.0 Å². The Morgan fingerprint density at radius 2 is 1.79 bits per heavy atom. The molecule has 0 spiro atoms. The minimum atomic E-state index is -0.918. The maximum Gasteiger partial charge on any atom is 0.178 e. The van der Waals surface area contributed by atoms with Gasteiger partial charge in [-0.2, -0.15) is 4.52 Å². The van der Waals surface area contributed by atoms with Crippen molar-refractivity contribution in [2.24, 2.45) is 0 Å². The highest BCUT2D eigenvalue weighted by Crippen LogP contribution is 2.28. The quantitative estimate of drug-likeness (QED) is 0.800. The lowest BCUT2D eigenvalue weighted by Crippen LogP contribution is -2.50. The van der Waals surface area contributed by atoms with Crippen molar-refractivity contribution < 1.29 is 14.6 Å². The molecule has 9 heteroatoms. The van der Waals surface area contributed by atoms with E-state index in [9.17, 15) is 5.11 Å². The molecule has 3 aliphatic heterocycles. The monoisotopic (exact) mass is 388 g/mol. The molecule has 5 rings (SSSR count). The molecule has 2 aromatic rings. The van der Waals surface area contributed by atoms with Gasteiger partial charge in [0.05, 0.1) is 26.4 Å². The zero-order valence-electron chi connectivity index (χ0n) is 16.2. The van der Waals surface area contributed by atoms with Gasteiger partial charge in [-0.1, -0.05) is 0 Å². The van der Waals surface area contributed by atoms with E-state index in [2.05, 4.69) is 20.0 Å². The zero-order valence-corrected chi connectivity index (χ0v) is 16.2. The predicted octanol–water partition coefficient (Wildman–Crippen LogP) is 0.292. The molecule has 5 heterocycles. The third-order valence-electron chi connectivity index (χ3n) is 6.04. The van der Waals surface area contributed by atoms with E-state index in [0.29, 0.717) is 38.9 Å². The molecule has 3 aliphatic rings. The standard InChI is InChI=1S/C19H28N6O3/c26-19(13-27-10-11-28-14-19)12-23-8-4-15(5-9-23)18-21-20-16-2-3-17(22-25(16)18)24-6-1-7-24/h2-3,15,26H,1,4-14H2. The lowest BCUT2D eigenvalue weighted by Gasteiger charge is -2.36. The van der Waals surface area contributed by atoms with Crippen LogP contribution in [0, 0.1) is 0 Å². The number of nitrogens with zero attached hydrogens (tertiary/aromatic N) is 6. The minimum Gasteiger partial charge on any atom is -0.384 e. The van der Waals surface area contributed by atoms with E-state index in [0.717, 1.165) is 56.3 Å². The summed E-state index contributed by atoms with van der Waals surface area (Å²) in [6.45, 7) is 6.33. The third kappa shape index (κ3) is 3.59. The molecule has 0 unspecified atom stereocenters. The summed E-state index contributed by atoms with van der Waals surface area (Å²) in [7, 11) is 0. The Bertz CT molecular complexity index is 807. The number of aliphatic hydroxyl groups is 1. The molecule has 3 saturated heterocycles. The molecule has 9 nitrogen and oxygen atoms in total. The van der Waals surface area contributed by atoms with E-state index in [1.807, 2.05) is 16.6 Å². The topological polar surface area (TPSA) is 88.2 Å². The van der Waals surface area contributed by atoms with Crippen LogP contribution in [0.15, 0.2) is 12.1 Å².